The zero-order valence-electron chi connectivity index (χ0n) is 13.6. The van der Waals surface area contributed by atoms with Crippen molar-refractivity contribution in [3.05, 3.63) is 87.3 Å². The Balaban J connectivity index is 1.84. The van der Waals surface area contributed by atoms with Gasteiger partial charge in [0.15, 0.2) is 0 Å². The van der Waals surface area contributed by atoms with Crippen molar-refractivity contribution in [3.8, 4) is 17.6 Å². The number of ether oxygens (including phenoxy) is 1. The first kappa shape index (κ1) is 16.2. The fourth-order valence-electron chi connectivity index (χ4n) is 2.33. The molecule has 0 saturated carbocycles. The van der Waals surface area contributed by atoms with E-state index in [9.17, 15) is 4.79 Å². The summed E-state index contributed by atoms with van der Waals surface area (Å²) >= 11 is 0. The lowest BCUT2D eigenvalue weighted by Crippen LogP contribution is -2.15. The summed E-state index contributed by atoms with van der Waals surface area (Å²) in [5.41, 5.74) is 1.62. The Morgan fingerprint density at radius 1 is 1.08 bits per heavy atom. The average Bonchev–Trinajstić information content (AvgIpc) is 2.63. The van der Waals surface area contributed by atoms with Gasteiger partial charge >= 0.3 is 0 Å². The van der Waals surface area contributed by atoms with Gasteiger partial charge in [-0.05, 0) is 48.4 Å². The second-order valence-corrected chi connectivity index (χ2v) is 5.37. The van der Waals surface area contributed by atoms with E-state index >= 15 is 0 Å². The van der Waals surface area contributed by atoms with Crippen molar-refractivity contribution in [2.75, 3.05) is 0 Å². The lowest BCUT2D eigenvalue weighted by molar-refractivity contribution is 0.482. The van der Waals surface area contributed by atoms with Gasteiger partial charge < -0.3 is 4.74 Å². The Labute approximate surface area is 144 Å². The molecule has 0 saturated heterocycles. The van der Waals surface area contributed by atoms with E-state index in [0.717, 1.165) is 17.1 Å². The minimum atomic E-state index is -0.476. The topological polar surface area (TPSA) is 78.8 Å². The van der Waals surface area contributed by atoms with Crippen LogP contribution in [0.1, 0.15) is 22.4 Å². The number of hydrogen-bond donors (Lipinski definition) is 1. The first-order valence-electron chi connectivity index (χ1n) is 7.68. The van der Waals surface area contributed by atoms with E-state index in [0.29, 0.717) is 11.3 Å². The SMILES string of the molecule is Cc1c(/C=C/c2cccc(Oc3ccccc3)c2)n[nH]c(=O)c1C#N. The first-order valence-corrected chi connectivity index (χ1v) is 7.68. The molecule has 5 nitrogen and oxygen atoms in total. The molecule has 1 heterocycles. The van der Waals surface area contributed by atoms with Gasteiger partial charge in [-0.3, -0.25) is 4.79 Å². The summed E-state index contributed by atoms with van der Waals surface area (Å²) in [5, 5.41) is 15.4. The Hall–Kier alpha value is -3.65. The van der Waals surface area contributed by atoms with Gasteiger partial charge in [0.2, 0.25) is 0 Å². The quantitative estimate of drug-likeness (QED) is 0.787. The van der Waals surface area contributed by atoms with Crippen molar-refractivity contribution in [2.24, 2.45) is 0 Å². The molecule has 25 heavy (non-hydrogen) atoms. The third-order valence-electron chi connectivity index (χ3n) is 3.65. The number of benzene rings is 2. The number of aromatic amines is 1. The van der Waals surface area contributed by atoms with Gasteiger partial charge in [-0.1, -0.05) is 36.4 Å². The Bertz CT molecular complexity index is 1020. The molecule has 1 N–H and O–H groups in total. The highest BCUT2D eigenvalue weighted by Crippen LogP contribution is 2.22. The van der Waals surface area contributed by atoms with Crippen LogP contribution in [0.15, 0.2) is 59.4 Å². The maximum Gasteiger partial charge on any atom is 0.282 e. The van der Waals surface area contributed by atoms with Crippen LogP contribution < -0.4 is 10.3 Å². The molecule has 0 aliphatic rings. The molecule has 0 bridgehead atoms. The van der Waals surface area contributed by atoms with Crippen molar-refractivity contribution in [1.29, 1.82) is 5.26 Å². The Morgan fingerprint density at radius 2 is 1.84 bits per heavy atom. The van der Waals surface area contributed by atoms with Crippen molar-refractivity contribution >= 4 is 12.2 Å². The summed E-state index contributed by atoms with van der Waals surface area (Å²) in [4.78, 5) is 11.5. The highest BCUT2D eigenvalue weighted by Gasteiger charge is 2.07. The van der Waals surface area contributed by atoms with Crippen LogP contribution in [-0.4, -0.2) is 10.2 Å². The zero-order valence-corrected chi connectivity index (χ0v) is 13.6. The minimum absolute atomic E-state index is 0.0795. The minimum Gasteiger partial charge on any atom is -0.457 e. The van der Waals surface area contributed by atoms with Crippen LogP contribution >= 0.6 is 0 Å². The highest BCUT2D eigenvalue weighted by atomic mass is 16.5. The second-order valence-electron chi connectivity index (χ2n) is 5.37. The summed E-state index contributed by atoms with van der Waals surface area (Å²) in [6.45, 7) is 1.70. The zero-order chi connectivity index (χ0) is 17.6. The number of nitriles is 1. The van der Waals surface area contributed by atoms with Crippen molar-refractivity contribution < 1.29 is 4.74 Å². The van der Waals surface area contributed by atoms with Crippen LogP contribution in [0.4, 0.5) is 0 Å². The molecule has 0 atom stereocenters. The fraction of sp³-hybridized carbons (Fsp3) is 0.0500. The molecule has 5 heteroatoms. The van der Waals surface area contributed by atoms with E-state index in [1.54, 1.807) is 13.0 Å². The van der Waals surface area contributed by atoms with Gasteiger partial charge in [-0.25, -0.2) is 5.10 Å². The second kappa shape index (κ2) is 7.28. The van der Waals surface area contributed by atoms with Gasteiger partial charge in [-0.2, -0.15) is 10.4 Å². The van der Waals surface area contributed by atoms with Crippen LogP contribution in [0.2, 0.25) is 0 Å². The third-order valence-corrected chi connectivity index (χ3v) is 3.65. The van der Waals surface area contributed by atoms with Crippen LogP contribution in [0.25, 0.3) is 12.2 Å². The van der Waals surface area contributed by atoms with Gasteiger partial charge in [0, 0.05) is 0 Å². The summed E-state index contributed by atoms with van der Waals surface area (Å²) in [6.07, 6.45) is 3.61. The van der Waals surface area contributed by atoms with E-state index < -0.39 is 5.56 Å². The largest absolute Gasteiger partial charge is 0.457 e. The van der Waals surface area contributed by atoms with Gasteiger partial charge in [-0.15, -0.1) is 0 Å². The molecule has 1 aromatic heterocycles. The predicted octanol–water partition coefficient (Wildman–Crippen LogP) is 3.91. The van der Waals surface area contributed by atoms with Crippen molar-refractivity contribution in [1.82, 2.24) is 10.2 Å². The third kappa shape index (κ3) is 3.82. The molecule has 0 aliphatic carbocycles. The van der Waals surface area contributed by atoms with Crippen LogP contribution in [0.3, 0.4) is 0 Å². The van der Waals surface area contributed by atoms with Crippen molar-refractivity contribution in [3.63, 3.8) is 0 Å². The molecule has 0 amide bonds. The molecule has 3 aromatic rings. The molecule has 0 spiro atoms. The molecule has 3 rings (SSSR count). The van der Waals surface area contributed by atoms with E-state index in [2.05, 4.69) is 10.2 Å². The fourth-order valence-corrected chi connectivity index (χ4v) is 2.33. The van der Waals surface area contributed by atoms with Gasteiger partial charge in [0.05, 0.1) is 5.69 Å². The Kier molecular flexibility index (Phi) is 4.72. The number of H-pyrrole nitrogens is 1. The van der Waals surface area contributed by atoms with Crippen LogP contribution in [-0.2, 0) is 0 Å². The molecule has 0 aliphatic heterocycles. The maximum atomic E-state index is 11.5. The van der Waals surface area contributed by atoms with E-state index in [1.807, 2.05) is 66.7 Å². The number of nitrogens with zero attached hydrogens (tertiary/aromatic N) is 2. The maximum absolute atomic E-state index is 11.5. The average molecular weight is 329 g/mol. The standard InChI is InChI=1S/C20H15N3O2/c1-14-18(13-21)20(24)23-22-19(14)11-10-15-6-5-9-17(12-15)25-16-7-3-2-4-8-16/h2-12H,1H3,(H,23,24)/b11-10+. The molecule has 0 unspecified atom stereocenters. The van der Waals surface area contributed by atoms with Crippen molar-refractivity contribution in [2.45, 2.75) is 6.92 Å². The lowest BCUT2D eigenvalue weighted by Gasteiger charge is -2.06. The van der Waals surface area contributed by atoms with E-state index in [4.69, 9.17) is 10.00 Å². The van der Waals surface area contributed by atoms with E-state index in [-0.39, 0.29) is 5.56 Å². The number of hydrogen-bond acceptors (Lipinski definition) is 4. The lowest BCUT2D eigenvalue weighted by atomic mass is 10.1. The van der Waals surface area contributed by atoms with Crippen LogP contribution in [0.5, 0.6) is 11.5 Å². The van der Waals surface area contributed by atoms with E-state index in [1.165, 1.54) is 0 Å². The molecule has 2 aromatic carbocycles. The summed E-state index contributed by atoms with van der Waals surface area (Å²) in [6, 6.07) is 19.0. The van der Waals surface area contributed by atoms with Gasteiger partial charge in [0.25, 0.3) is 5.56 Å². The van der Waals surface area contributed by atoms with Crippen LogP contribution in [0, 0.1) is 18.3 Å². The molecule has 0 fully saturated rings. The molecule has 122 valence electrons. The molecular weight excluding hydrogens is 314 g/mol. The predicted molar refractivity (Wildman–Crippen MR) is 96.2 cm³/mol. The summed E-state index contributed by atoms with van der Waals surface area (Å²) in [7, 11) is 0. The summed E-state index contributed by atoms with van der Waals surface area (Å²) in [5.74, 6) is 1.48. The first-order chi connectivity index (χ1) is 12.2. The number of rotatable bonds is 4. The molecule has 0 radical (unpaired) electrons. The number of aromatic nitrogens is 2. The monoisotopic (exact) mass is 329 g/mol. The molecular formula is C20H15N3O2. The Morgan fingerprint density at radius 3 is 2.60 bits per heavy atom. The smallest absolute Gasteiger partial charge is 0.282 e. The van der Waals surface area contributed by atoms with Gasteiger partial charge in [0.1, 0.15) is 23.1 Å². The summed E-state index contributed by atoms with van der Waals surface area (Å²) < 4.78 is 5.81. The normalized spacial score (nSPS) is 10.6. The highest BCUT2D eigenvalue weighted by molar-refractivity contribution is 5.70. The number of para-hydroxylation sites is 1. The number of nitrogens with one attached hydrogen (secondary N) is 1.